The van der Waals surface area contributed by atoms with Gasteiger partial charge in [-0.2, -0.15) is 13.2 Å². The van der Waals surface area contributed by atoms with Gasteiger partial charge in [-0.15, -0.1) is 0 Å². The van der Waals surface area contributed by atoms with Crippen LogP contribution >= 0.6 is 0 Å². The van der Waals surface area contributed by atoms with Gasteiger partial charge in [-0.25, -0.2) is 4.98 Å². The number of unbranched alkanes of at least 4 members (excludes halogenated alkanes) is 1. The van der Waals surface area contributed by atoms with Crippen molar-refractivity contribution < 1.29 is 41.4 Å². The number of hydrogen-bond donors (Lipinski definition) is 0. The first-order valence-electron chi connectivity index (χ1n) is 18.8. The molecule has 0 fully saturated rings. The van der Waals surface area contributed by atoms with E-state index in [1.54, 1.807) is 6.92 Å². The van der Waals surface area contributed by atoms with Crippen molar-refractivity contribution in [1.29, 1.82) is 0 Å². The third-order valence-electron chi connectivity index (χ3n) is 9.41. The zero-order valence-electron chi connectivity index (χ0n) is 31.6. The van der Waals surface area contributed by atoms with Crippen molar-refractivity contribution in [1.82, 2.24) is 14.9 Å². The van der Waals surface area contributed by atoms with Gasteiger partial charge < -0.3 is 18.6 Å². The second kappa shape index (κ2) is 19.9. The number of benzene rings is 3. The van der Waals surface area contributed by atoms with Gasteiger partial charge in [-0.1, -0.05) is 36.4 Å². The standard InChI is InChI=1S/C40H42F3N3O4.C3H6O2/c1-3-48-38(47)13-6-7-23-46(35-11-8-10-33-32(35)20-14-27(2)44-33)24-22-29-9-4-5-12-36(29)49-26-28-15-17-30(18-16-28)39-45-34-25-31(40(41,42)43)19-21-37(34)50-39;1-2-5-3-4/h4-5,9,12,14-21,25,35H,3,6-8,10-11,13,22-24,26H2,1-2H3;3H,2H2,1H3. The minimum atomic E-state index is -4.45. The van der Waals surface area contributed by atoms with Gasteiger partial charge in [0.05, 0.1) is 18.8 Å². The highest BCUT2D eigenvalue weighted by atomic mass is 19.4. The molecule has 2 aromatic heterocycles. The largest absolute Gasteiger partial charge is 0.489 e. The smallest absolute Gasteiger partial charge is 0.416 e. The number of alkyl halides is 3. The van der Waals surface area contributed by atoms with Crippen LogP contribution in [-0.4, -0.2) is 53.6 Å². The molecule has 0 N–H and O–H groups in total. The van der Waals surface area contributed by atoms with Gasteiger partial charge in [0.2, 0.25) is 5.89 Å². The maximum absolute atomic E-state index is 13.1. The fraction of sp³-hybridized carbons (Fsp3) is 0.395. The zero-order valence-corrected chi connectivity index (χ0v) is 31.6. The number of hydrogen-bond acceptors (Lipinski definition) is 9. The van der Waals surface area contributed by atoms with Crippen LogP contribution in [0.1, 0.15) is 85.6 Å². The molecule has 1 aliphatic rings. The number of carbonyl (C=O) groups excluding carboxylic acids is 2. The Balaban J connectivity index is 0.00000109. The molecule has 0 spiro atoms. The fourth-order valence-electron chi connectivity index (χ4n) is 6.68. The zero-order chi connectivity index (χ0) is 39.2. The number of carbonyl (C=O) groups is 2. The molecule has 6 rings (SSSR count). The van der Waals surface area contributed by atoms with Crippen molar-refractivity contribution >= 4 is 23.5 Å². The number of halogens is 3. The molecule has 5 aromatic rings. The van der Waals surface area contributed by atoms with E-state index < -0.39 is 11.7 Å². The average molecular weight is 760 g/mol. The van der Waals surface area contributed by atoms with Crippen molar-refractivity contribution in [3.63, 3.8) is 0 Å². The lowest BCUT2D eigenvalue weighted by Crippen LogP contribution is -2.34. The van der Waals surface area contributed by atoms with Crippen LogP contribution in [0.2, 0.25) is 0 Å². The second-order valence-electron chi connectivity index (χ2n) is 13.3. The minimum Gasteiger partial charge on any atom is -0.489 e. The number of nitrogens with zero attached hydrogens (tertiary/aromatic N) is 3. The Morgan fingerprint density at radius 1 is 0.964 bits per heavy atom. The third-order valence-corrected chi connectivity index (χ3v) is 9.41. The molecule has 9 nitrogen and oxygen atoms in total. The SMILES string of the molecule is CCOC(=O)CCCCN(CCc1ccccc1OCc1ccc(-c2nc3cc(C(F)(F)F)ccc3o2)cc1)C1CCCc2nc(C)ccc21.CCOC=O. The monoisotopic (exact) mass is 759 g/mol. The number of fused-ring (bicyclic) bond motifs is 2. The van der Waals surface area contributed by atoms with E-state index in [9.17, 15) is 22.8 Å². The first-order chi connectivity index (χ1) is 26.6. The van der Waals surface area contributed by atoms with Gasteiger partial charge in [-0.3, -0.25) is 19.5 Å². The van der Waals surface area contributed by atoms with Gasteiger partial charge >= 0.3 is 12.1 Å². The highest BCUT2D eigenvalue weighted by molar-refractivity contribution is 5.77. The summed E-state index contributed by atoms with van der Waals surface area (Å²) in [5.41, 5.74) is 5.95. The molecule has 0 bridgehead atoms. The Bertz CT molecular complexity index is 2000. The molecule has 0 radical (unpaired) electrons. The number of oxazole rings is 1. The van der Waals surface area contributed by atoms with E-state index in [1.165, 1.54) is 17.3 Å². The molecular formula is C43H48F3N3O6. The van der Waals surface area contributed by atoms with Crippen LogP contribution in [-0.2, 0) is 44.7 Å². The molecule has 1 atom stereocenters. The van der Waals surface area contributed by atoms with Crippen LogP contribution in [0.3, 0.4) is 0 Å². The third kappa shape index (κ3) is 11.6. The summed E-state index contributed by atoms with van der Waals surface area (Å²) in [5, 5.41) is 0. The molecule has 55 heavy (non-hydrogen) atoms. The minimum absolute atomic E-state index is 0.142. The quantitative estimate of drug-likeness (QED) is 0.0553. The number of esters is 1. The van der Waals surface area contributed by atoms with E-state index in [2.05, 4.69) is 32.8 Å². The molecule has 1 unspecified atom stereocenters. The number of aryl methyl sites for hydroxylation is 2. The number of aromatic nitrogens is 2. The molecule has 12 heteroatoms. The topological polar surface area (TPSA) is 104 Å². The maximum atomic E-state index is 13.1. The van der Waals surface area contributed by atoms with E-state index in [1.807, 2.05) is 56.3 Å². The molecule has 0 amide bonds. The first-order valence-corrected chi connectivity index (χ1v) is 18.8. The van der Waals surface area contributed by atoms with Gasteiger partial charge in [0, 0.05) is 36.0 Å². The van der Waals surface area contributed by atoms with Crippen molar-refractivity contribution in [2.75, 3.05) is 26.3 Å². The van der Waals surface area contributed by atoms with Gasteiger partial charge in [0.1, 0.15) is 17.9 Å². The molecule has 292 valence electrons. The summed E-state index contributed by atoms with van der Waals surface area (Å²) < 4.78 is 60.8. The summed E-state index contributed by atoms with van der Waals surface area (Å²) in [5.74, 6) is 0.935. The van der Waals surface area contributed by atoms with Crippen LogP contribution in [0.25, 0.3) is 22.6 Å². The van der Waals surface area contributed by atoms with Gasteiger partial charge in [0.25, 0.3) is 6.47 Å². The van der Waals surface area contributed by atoms with Crippen LogP contribution in [0.4, 0.5) is 13.2 Å². The summed E-state index contributed by atoms with van der Waals surface area (Å²) in [7, 11) is 0. The highest BCUT2D eigenvalue weighted by Gasteiger charge is 2.31. The molecule has 0 aliphatic heterocycles. The fourth-order valence-corrected chi connectivity index (χ4v) is 6.68. The number of para-hydroxylation sites is 1. The molecule has 0 saturated heterocycles. The predicted octanol–water partition coefficient (Wildman–Crippen LogP) is 9.63. The van der Waals surface area contributed by atoms with E-state index in [-0.39, 0.29) is 23.4 Å². The van der Waals surface area contributed by atoms with E-state index >= 15 is 0 Å². The Hall–Kier alpha value is -5.23. The average Bonchev–Trinajstić information content (AvgIpc) is 3.61. The molecule has 1 aliphatic carbocycles. The lowest BCUT2D eigenvalue weighted by atomic mass is 9.89. The summed E-state index contributed by atoms with van der Waals surface area (Å²) in [6.45, 7) is 8.99. The van der Waals surface area contributed by atoms with Crippen molar-refractivity contribution in [3.05, 3.63) is 113 Å². The Labute approximate surface area is 319 Å². The number of rotatable bonds is 16. The van der Waals surface area contributed by atoms with E-state index in [0.717, 1.165) is 86.3 Å². The van der Waals surface area contributed by atoms with Crippen LogP contribution in [0.5, 0.6) is 5.75 Å². The Morgan fingerprint density at radius 3 is 2.49 bits per heavy atom. The molecular weight excluding hydrogens is 711 g/mol. The van der Waals surface area contributed by atoms with Crippen molar-refractivity contribution in [3.8, 4) is 17.2 Å². The highest BCUT2D eigenvalue weighted by Crippen LogP contribution is 2.35. The van der Waals surface area contributed by atoms with Crippen LogP contribution < -0.4 is 4.74 Å². The number of pyridine rings is 1. The van der Waals surface area contributed by atoms with Gasteiger partial charge in [-0.05, 0) is 125 Å². The Kier molecular flexibility index (Phi) is 14.8. The molecule has 3 aromatic carbocycles. The summed E-state index contributed by atoms with van der Waals surface area (Å²) in [6.07, 6.45) is 1.63. The summed E-state index contributed by atoms with van der Waals surface area (Å²) >= 11 is 0. The number of ether oxygens (including phenoxy) is 3. The van der Waals surface area contributed by atoms with Crippen molar-refractivity contribution in [2.45, 2.75) is 84.5 Å². The second-order valence-corrected chi connectivity index (χ2v) is 13.3. The summed E-state index contributed by atoms with van der Waals surface area (Å²) in [4.78, 5) is 32.8. The normalized spacial score (nSPS) is 13.8. The van der Waals surface area contributed by atoms with E-state index in [0.29, 0.717) is 43.9 Å². The van der Waals surface area contributed by atoms with Gasteiger partial charge in [0.15, 0.2) is 5.58 Å². The lowest BCUT2D eigenvalue weighted by Gasteiger charge is -2.36. The first kappa shape index (κ1) is 40.9. The maximum Gasteiger partial charge on any atom is 0.416 e. The Morgan fingerprint density at radius 2 is 1.76 bits per heavy atom. The summed E-state index contributed by atoms with van der Waals surface area (Å²) in [6, 6.07) is 23.5. The van der Waals surface area contributed by atoms with Crippen molar-refractivity contribution in [2.24, 2.45) is 0 Å². The van der Waals surface area contributed by atoms with Crippen LogP contribution in [0.15, 0.2) is 83.3 Å². The van der Waals surface area contributed by atoms with Crippen LogP contribution in [0, 0.1) is 6.92 Å². The van der Waals surface area contributed by atoms with E-state index in [4.69, 9.17) is 18.9 Å². The molecule has 0 saturated carbocycles. The predicted molar refractivity (Wildman–Crippen MR) is 203 cm³/mol. The molecule has 2 heterocycles. The lowest BCUT2D eigenvalue weighted by molar-refractivity contribution is -0.143.